The number of aromatic hydroxyl groups is 1. The maximum absolute atomic E-state index is 14.0. The molecule has 1 aliphatic heterocycles. The molecule has 0 amide bonds. The van der Waals surface area contributed by atoms with Gasteiger partial charge in [-0.2, -0.15) is 0 Å². The lowest BCUT2D eigenvalue weighted by molar-refractivity contribution is 0.238. The zero-order valence-electron chi connectivity index (χ0n) is 21.6. The summed E-state index contributed by atoms with van der Waals surface area (Å²) >= 11 is 0.915. The third-order valence-electron chi connectivity index (χ3n) is 7.11. The van der Waals surface area contributed by atoms with Crippen LogP contribution in [0.2, 0.25) is 0 Å². The Morgan fingerprint density at radius 3 is 2.48 bits per heavy atom. The Labute approximate surface area is 233 Å². The molecule has 3 aromatic carbocycles. The van der Waals surface area contributed by atoms with E-state index >= 15 is 0 Å². The first kappa shape index (κ1) is 26.2. The van der Waals surface area contributed by atoms with Crippen LogP contribution in [-0.2, 0) is 6.54 Å². The average Bonchev–Trinajstić information content (AvgIpc) is 3.48. The first-order chi connectivity index (χ1) is 19.5. The quantitative estimate of drug-likeness (QED) is 0.247. The number of halogens is 1. The lowest BCUT2D eigenvalue weighted by atomic mass is 10.1. The van der Waals surface area contributed by atoms with E-state index < -0.39 is 22.8 Å². The van der Waals surface area contributed by atoms with Crippen molar-refractivity contribution in [1.82, 2.24) is 9.47 Å². The molecule has 9 heteroatoms. The van der Waals surface area contributed by atoms with Gasteiger partial charge < -0.3 is 18.8 Å². The molecule has 1 saturated heterocycles. The average molecular weight is 559 g/mol. The van der Waals surface area contributed by atoms with E-state index in [0.29, 0.717) is 28.2 Å². The summed E-state index contributed by atoms with van der Waals surface area (Å²) < 4.78 is 26.7. The molecule has 0 bridgehead atoms. The predicted octanol–water partition coefficient (Wildman–Crippen LogP) is 5.63. The highest BCUT2D eigenvalue weighted by Crippen LogP contribution is 2.37. The van der Waals surface area contributed by atoms with Gasteiger partial charge in [0.05, 0.1) is 12.1 Å². The third kappa shape index (κ3) is 5.22. The zero-order valence-corrected chi connectivity index (χ0v) is 22.5. The molecule has 0 atom stereocenters. The highest BCUT2D eigenvalue weighted by Gasteiger charge is 2.23. The molecular weight excluding hydrogens is 531 g/mol. The van der Waals surface area contributed by atoms with Crippen LogP contribution in [0.3, 0.4) is 0 Å². The van der Waals surface area contributed by atoms with Crippen LogP contribution in [0, 0.1) is 5.82 Å². The first-order valence-corrected chi connectivity index (χ1v) is 14.0. The van der Waals surface area contributed by atoms with Crippen molar-refractivity contribution in [2.45, 2.75) is 29.2 Å². The summed E-state index contributed by atoms with van der Waals surface area (Å²) in [5.41, 5.74) is 0.151. The molecule has 204 valence electrons. The number of hydrogen-bond acceptors (Lipinski definition) is 7. The molecule has 2 aromatic heterocycles. The fourth-order valence-electron chi connectivity index (χ4n) is 5.09. The zero-order chi connectivity index (χ0) is 27.6. The maximum atomic E-state index is 14.0. The molecule has 1 N–H and O–H groups in total. The minimum absolute atomic E-state index is 0.0129. The summed E-state index contributed by atoms with van der Waals surface area (Å²) in [6.07, 6.45) is 2.41. The summed E-state index contributed by atoms with van der Waals surface area (Å²) in [6.45, 7) is 3.73. The molecule has 0 aliphatic carbocycles. The van der Waals surface area contributed by atoms with Crippen LogP contribution in [-0.4, -0.2) is 40.8 Å². The van der Waals surface area contributed by atoms with Crippen molar-refractivity contribution in [2.75, 3.05) is 26.2 Å². The number of ether oxygens (including phenoxy) is 1. The molecule has 0 unspecified atom stereocenters. The van der Waals surface area contributed by atoms with E-state index in [2.05, 4.69) is 4.90 Å². The van der Waals surface area contributed by atoms with Gasteiger partial charge in [0.25, 0.3) is 5.56 Å². The van der Waals surface area contributed by atoms with Gasteiger partial charge in [-0.1, -0.05) is 42.1 Å². The summed E-state index contributed by atoms with van der Waals surface area (Å²) in [5, 5.41) is 11.7. The normalized spacial score (nSPS) is 13.8. The topological polar surface area (TPSA) is 84.9 Å². The summed E-state index contributed by atoms with van der Waals surface area (Å²) in [4.78, 5) is 29.7. The number of likely N-dealkylation sites (tertiary alicyclic amines) is 1. The number of benzene rings is 3. The van der Waals surface area contributed by atoms with Crippen molar-refractivity contribution in [3.8, 4) is 11.5 Å². The van der Waals surface area contributed by atoms with Gasteiger partial charge in [0.2, 0.25) is 0 Å². The molecule has 6 rings (SSSR count). The number of rotatable bonds is 8. The smallest absolute Gasteiger partial charge is 0.354 e. The monoisotopic (exact) mass is 558 g/mol. The Hall–Kier alpha value is -4.08. The lowest BCUT2D eigenvalue weighted by Gasteiger charge is -2.17. The number of hydrogen-bond donors (Lipinski definition) is 1. The van der Waals surface area contributed by atoms with Gasteiger partial charge in [0, 0.05) is 22.9 Å². The summed E-state index contributed by atoms with van der Waals surface area (Å²) in [7, 11) is 0. The standard InChI is InChI=1S/C31H27FN2O5S/c32-21-8-11-23(12-9-21)40-29-27(35)26-28(39-31(29)37)24-13-10-22(38-17-16-33-14-4-5-15-33)18-25(24)34(30(26)36)19-20-6-2-1-3-7-20/h1-3,6-13,18,35H,4-5,14-17,19H2. The molecule has 1 aliphatic rings. The van der Waals surface area contributed by atoms with Crippen molar-refractivity contribution in [3.63, 3.8) is 0 Å². The number of nitrogens with zero attached hydrogens (tertiary/aromatic N) is 2. The van der Waals surface area contributed by atoms with E-state index in [4.69, 9.17) is 9.15 Å². The maximum Gasteiger partial charge on any atom is 0.354 e. The predicted molar refractivity (Wildman–Crippen MR) is 153 cm³/mol. The third-order valence-corrected chi connectivity index (χ3v) is 8.19. The number of aromatic nitrogens is 1. The van der Waals surface area contributed by atoms with E-state index in [1.807, 2.05) is 30.3 Å². The second kappa shape index (κ2) is 11.2. The fraction of sp³-hybridized carbons (Fsp3) is 0.226. The summed E-state index contributed by atoms with van der Waals surface area (Å²) in [5.74, 6) is -0.281. The van der Waals surface area contributed by atoms with E-state index in [1.54, 1.807) is 22.8 Å². The molecule has 40 heavy (non-hydrogen) atoms. The van der Waals surface area contributed by atoms with Crippen LogP contribution >= 0.6 is 11.8 Å². The van der Waals surface area contributed by atoms with E-state index in [0.717, 1.165) is 37.0 Å². The van der Waals surface area contributed by atoms with E-state index in [1.165, 1.54) is 37.1 Å². The van der Waals surface area contributed by atoms with Gasteiger partial charge in [-0.25, -0.2) is 9.18 Å². The number of pyridine rings is 1. The van der Waals surface area contributed by atoms with Gasteiger partial charge in [0.15, 0.2) is 11.3 Å². The van der Waals surface area contributed by atoms with Crippen molar-refractivity contribution in [2.24, 2.45) is 0 Å². The van der Waals surface area contributed by atoms with Crippen LogP contribution in [0.25, 0.3) is 21.9 Å². The van der Waals surface area contributed by atoms with Crippen molar-refractivity contribution in [3.05, 3.63) is 105 Å². The van der Waals surface area contributed by atoms with Gasteiger partial charge in [-0.05, 0) is 67.9 Å². The fourth-order valence-corrected chi connectivity index (χ4v) is 5.92. The second-order valence-electron chi connectivity index (χ2n) is 9.78. The largest absolute Gasteiger partial charge is 0.505 e. The Bertz CT molecular complexity index is 1800. The van der Waals surface area contributed by atoms with Gasteiger partial charge in [0.1, 0.15) is 28.5 Å². The summed E-state index contributed by atoms with van der Waals surface area (Å²) in [6, 6.07) is 20.3. The molecule has 3 heterocycles. The Morgan fingerprint density at radius 1 is 0.975 bits per heavy atom. The van der Waals surface area contributed by atoms with Crippen molar-refractivity contribution in [1.29, 1.82) is 0 Å². The SMILES string of the molecule is O=c1oc2c(c(O)c1Sc1ccc(F)cc1)c(=O)n(Cc1ccccc1)c1cc(OCCN3CCCC3)ccc21. The van der Waals surface area contributed by atoms with Gasteiger partial charge in [-0.15, -0.1) is 0 Å². The Balaban J connectivity index is 1.47. The molecule has 0 spiro atoms. The van der Waals surface area contributed by atoms with Crippen LogP contribution in [0.1, 0.15) is 18.4 Å². The minimum Gasteiger partial charge on any atom is -0.505 e. The molecule has 5 aromatic rings. The number of fused-ring (bicyclic) bond motifs is 3. The van der Waals surface area contributed by atoms with Crippen LogP contribution < -0.4 is 15.9 Å². The van der Waals surface area contributed by atoms with Crippen LogP contribution in [0.4, 0.5) is 4.39 Å². The highest BCUT2D eigenvalue weighted by atomic mass is 32.2. The molecule has 7 nitrogen and oxygen atoms in total. The lowest BCUT2D eigenvalue weighted by Crippen LogP contribution is -2.25. The Kier molecular flexibility index (Phi) is 7.32. The van der Waals surface area contributed by atoms with Crippen molar-refractivity contribution >= 4 is 33.6 Å². The van der Waals surface area contributed by atoms with E-state index in [9.17, 15) is 19.1 Å². The first-order valence-electron chi connectivity index (χ1n) is 13.2. The van der Waals surface area contributed by atoms with Crippen LogP contribution in [0.5, 0.6) is 11.5 Å². The van der Waals surface area contributed by atoms with Crippen molar-refractivity contribution < 1.29 is 18.7 Å². The second-order valence-corrected chi connectivity index (χ2v) is 10.9. The van der Waals surface area contributed by atoms with E-state index in [-0.39, 0.29) is 22.4 Å². The highest BCUT2D eigenvalue weighted by molar-refractivity contribution is 7.99. The van der Waals surface area contributed by atoms with Gasteiger partial charge in [-0.3, -0.25) is 9.69 Å². The molecule has 1 fully saturated rings. The van der Waals surface area contributed by atoms with Gasteiger partial charge >= 0.3 is 5.63 Å². The molecule has 0 saturated carbocycles. The van der Waals surface area contributed by atoms with Crippen LogP contribution in [0.15, 0.2) is 96.6 Å². The molecule has 0 radical (unpaired) electrons. The molecular formula is C31H27FN2O5S. The Morgan fingerprint density at radius 2 is 1.73 bits per heavy atom. The minimum atomic E-state index is -0.785.